The normalized spacial score (nSPS) is 22.7. The van der Waals surface area contributed by atoms with Crippen molar-refractivity contribution in [2.45, 2.75) is 50.8 Å². The highest BCUT2D eigenvalue weighted by Gasteiger charge is 2.57. The summed E-state index contributed by atoms with van der Waals surface area (Å²) in [6.45, 7) is 3.92. The number of halogens is 3. The third-order valence-corrected chi connectivity index (χ3v) is 4.84. The molecule has 1 amide bonds. The average Bonchev–Trinajstić information content (AvgIpc) is 2.68. The molecule has 27 heavy (non-hydrogen) atoms. The van der Waals surface area contributed by atoms with Crippen molar-refractivity contribution in [1.29, 1.82) is 0 Å². The molecule has 2 atom stereocenters. The van der Waals surface area contributed by atoms with E-state index in [2.05, 4.69) is 0 Å². The molecule has 1 fully saturated rings. The van der Waals surface area contributed by atoms with Gasteiger partial charge >= 0.3 is 6.09 Å². The number of ether oxygens (including phenoxy) is 1. The van der Waals surface area contributed by atoms with E-state index in [9.17, 15) is 22.0 Å². The minimum absolute atomic E-state index is 0.0113. The molecule has 1 aliphatic rings. The minimum Gasteiger partial charge on any atom is -0.444 e. The number of alkyl halides is 2. The summed E-state index contributed by atoms with van der Waals surface area (Å²) in [5.74, 6) is -3.46. The van der Waals surface area contributed by atoms with Crippen LogP contribution in [0.3, 0.4) is 0 Å². The Morgan fingerprint density at radius 3 is 2.56 bits per heavy atom. The van der Waals surface area contributed by atoms with Crippen molar-refractivity contribution in [3.8, 4) is 0 Å². The standard InChI is InChI=1S/C17H23ClF2N2O4S/c1-16(2,3)26-15(23)22-10-17(19,20)14(21-27(4,24)25)13(22)9-11-6-5-7-12(18)8-11/h5-8,13-14,21H,9-10H2,1-4H3/t13-,14+/m0/s1. The maximum atomic E-state index is 14.6. The maximum Gasteiger partial charge on any atom is 0.410 e. The second-order valence-electron chi connectivity index (χ2n) is 7.64. The van der Waals surface area contributed by atoms with Gasteiger partial charge in [0, 0.05) is 5.02 Å². The van der Waals surface area contributed by atoms with Crippen molar-refractivity contribution in [3.05, 3.63) is 34.9 Å². The molecule has 1 aromatic rings. The molecule has 1 aliphatic heterocycles. The second-order valence-corrected chi connectivity index (χ2v) is 9.85. The molecule has 1 saturated heterocycles. The molecular weight excluding hydrogens is 402 g/mol. The summed E-state index contributed by atoms with van der Waals surface area (Å²) in [6.07, 6.45) is -0.134. The van der Waals surface area contributed by atoms with Crippen LogP contribution in [0.4, 0.5) is 13.6 Å². The largest absolute Gasteiger partial charge is 0.444 e. The molecule has 0 saturated carbocycles. The molecule has 0 unspecified atom stereocenters. The molecule has 1 aromatic carbocycles. The van der Waals surface area contributed by atoms with Crippen LogP contribution in [-0.2, 0) is 21.2 Å². The lowest BCUT2D eigenvalue weighted by molar-refractivity contribution is -0.0122. The van der Waals surface area contributed by atoms with E-state index >= 15 is 0 Å². The van der Waals surface area contributed by atoms with Crippen molar-refractivity contribution in [2.24, 2.45) is 0 Å². The number of nitrogens with one attached hydrogen (secondary N) is 1. The van der Waals surface area contributed by atoms with Crippen molar-refractivity contribution < 1.29 is 26.7 Å². The summed E-state index contributed by atoms with van der Waals surface area (Å²) in [4.78, 5) is 13.4. The summed E-state index contributed by atoms with van der Waals surface area (Å²) in [5, 5.41) is 0.411. The molecule has 0 aromatic heterocycles. The van der Waals surface area contributed by atoms with Crippen LogP contribution in [-0.4, -0.2) is 55.8 Å². The number of amides is 1. The Hall–Kier alpha value is -1.45. The third-order valence-electron chi connectivity index (χ3n) is 3.92. The number of likely N-dealkylation sites (tertiary alicyclic amines) is 1. The van der Waals surface area contributed by atoms with Crippen molar-refractivity contribution in [1.82, 2.24) is 9.62 Å². The van der Waals surface area contributed by atoms with Gasteiger partial charge in [0.05, 0.1) is 18.8 Å². The van der Waals surface area contributed by atoms with Crippen LogP contribution in [0.25, 0.3) is 0 Å². The molecule has 1 N–H and O–H groups in total. The highest BCUT2D eigenvalue weighted by molar-refractivity contribution is 7.88. The number of rotatable bonds is 4. The van der Waals surface area contributed by atoms with E-state index < -0.39 is 46.3 Å². The second kappa shape index (κ2) is 7.52. The minimum atomic E-state index is -3.93. The lowest BCUT2D eigenvalue weighted by atomic mass is 9.99. The smallest absolute Gasteiger partial charge is 0.410 e. The van der Waals surface area contributed by atoms with Gasteiger partial charge in [-0.3, -0.25) is 4.90 Å². The monoisotopic (exact) mass is 424 g/mol. The Balaban J connectivity index is 2.40. The maximum absolute atomic E-state index is 14.6. The molecule has 10 heteroatoms. The number of nitrogens with zero attached hydrogens (tertiary/aromatic N) is 1. The summed E-state index contributed by atoms with van der Waals surface area (Å²) < 4.78 is 59.7. The van der Waals surface area contributed by atoms with Crippen LogP contribution in [0.1, 0.15) is 26.3 Å². The SMILES string of the molecule is CC(C)(C)OC(=O)N1CC(F)(F)[C@H](NS(C)(=O)=O)[C@@H]1Cc1cccc(Cl)c1. The van der Waals surface area contributed by atoms with E-state index in [0.29, 0.717) is 10.6 Å². The van der Waals surface area contributed by atoms with E-state index in [-0.39, 0.29) is 6.42 Å². The van der Waals surface area contributed by atoms with Crippen LogP contribution < -0.4 is 4.72 Å². The fraction of sp³-hybridized carbons (Fsp3) is 0.588. The van der Waals surface area contributed by atoms with Gasteiger partial charge in [-0.2, -0.15) is 0 Å². The molecule has 6 nitrogen and oxygen atoms in total. The molecule has 0 aliphatic carbocycles. The fourth-order valence-electron chi connectivity index (χ4n) is 2.95. The molecule has 0 radical (unpaired) electrons. The fourth-order valence-corrected chi connectivity index (χ4v) is 3.96. The van der Waals surface area contributed by atoms with Gasteiger partial charge in [0.25, 0.3) is 5.92 Å². The Morgan fingerprint density at radius 2 is 2.04 bits per heavy atom. The van der Waals surface area contributed by atoms with Crippen molar-refractivity contribution in [3.63, 3.8) is 0 Å². The van der Waals surface area contributed by atoms with Gasteiger partial charge in [0.2, 0.25) is 10.0 Å². The Kier molecular flexibility index (Phi) is 6.08. The van der Waals surface area contributed by atoms with Gasteiger partial charge in [-0.05, 0) is 44.9 Å². The van der Waals surface area contributed by atoms with Crippen molar-refractivity contribution >= 4 is 27.7 Å². The van der Waals surface area contributed by atoms with Crippen LogP contribution in [0.15, 0.2) is 24.3 Å². The van der Waals surface area contributed by atoms with Crippen LogP contribution in [0.5, 0.6) is 0 Å². The van der Waals surface area contributed by atoms with E-state index in [1.807, 2.05) is 4.72 Å². The van der Waals surface area contributed by atoms with Gasteiger partial charge in [-0.1, -0.05) is 23.7 Å². The van der Waals surface area contributed by atoms with Crippen LogP contribution in [0, 0.1) is 0 Å². The topological polar surface area (TPSA) is 75.7 Å². The third kappa shape index (κ3) is 6.02. The first-order valence-electron chi connectivity index (χ1n) is 8.27. The summed E-state index contributed by atoms with van der Waals surface area (Å²) >= 11 is 5.95. The Bertz CT molecular complexity index is 811. The summed E-state index contributed by atoms with van der Waals surface area (Å²) in [7, 11) is -3.93. The van der Waals surface area contributed by atoms with Gasteiger partial charge in [0.15, 0.2) is 0 Å². The predicted octanol–water partition coefficient (Wildman–Crippen LogP) is 3.05. The molecule has 152 valence electrons. The molecule has 1 heterocycles. The molecule has 2 rings (SSSR count). The Morgan fingerprint density at radius 1 is 1.41 bits per heavy atom. The first-order valence-corrected chi connectivity index (χ1v) is 10.5. The van der Waals surface area contributed by atoms with E-state index in [4.69, 9.17) is 16.3 Å². The Labute approximate surface area is 162 Å². The molecular formula is C17H23ClF2N2O4S. The van der Waals surface area contributed by atoms with Gasteiger partial charge in [-0.15, -0.1) is 0 Å². The molecule has 0 spiro atoms. The quantitative estimate of drug-likeness (QED) is 0.806. The predicted molar refractivity (Wildman–Crippen MR) is 98.6 cm³/mol. The van der Waals surface area contributed by atoms with Crippen molar-refractivity contribution in [2.75, 3.05) is 12.8 Å². The summed E-state index contributed by atoms with van der Waals surface area (Å²) in [6, 6.07) is 3.63. The molecule has 0 bridgehead atoms. The lowest BCUT2D eigenvalue weighted by Gasteiger charge is -2.30. The lowest BCUT2D eigenvalue weighted by Crippen LogP contribution is -2.52. The number of sulfonamides is 1. The number of hydrogen-bond donors (Lipinski definition) is 1. The highest BCUT2D eigenvalue weighted by Crippen LogP contribution is 2.36. The number of carbonyl (C=O) groups excluding carboxylic acids is 1. The highest BCUT2D eigenvalue weighted by atomic mass is 35.5. The van der Waals surface area contributed by atoms with Gasteiger partial charge < -0.3 is 4.74 Å². The first kappa shape index (κ1) is 21.8. The van der Waals surface area contributed by atoms with Crippen LogP contribution >= 0.6 is 11.6 Å². The van der Waals surface area contributed by atoms with E-state index in [1.54, 1.807) is 45.0 Å². The zero-order chi connectivity index (χ0) is 20.6. The zero-order valence-corrected chi connectivity index (χ0v) is 17.1. The average molecular weight is 425 g/mol. The number of hydrogen-bond acceptors (Lipinski definition) is 4. The van der Waals surface area contributed by atoms with Crippen LogP contribution in [0.2, 0.25) is 5.02 Å². The first-order chi connectivity index (χ1) is 12.2. The zero-order valence-electron chi connectivity index (χ0n) is 15.5. The van der Waals surface area contributed by atoms with Gasteiger partial charge in [0.1, 0.15) is 11.6 Å². The van der Waals surface area contributed by atoms with E-state index in [0.717, 1.165) is 11.2 Å². The van der Waals surface area contributed by atoms with E-state index in [1.165, 1.54) is 0 Å². The van der Waals surface area contributed by atoms with Gasteiger partial charge in [-0.25, -0.2) is 26.7 Å². The number of carbonyl (C=O) groups is 1. The number of benzene rings is 1. The summed E-state index contributed by atoms with van der Waals surface area (Å²) in [5.41, 5.74) is -0.283.